The molecule has 4 rings (SSSR count). The van der Waals surface area contributed by atoms with Crippen molar-refractivity contribution in [3.05, 3.63) is 24.2 Å². The van der Waals surface area contributed by atoms with E-state index in [1.165, 1.54) is 6.33 Å². The number of hydrogen-bond donors (Lipinski definition) is 2. The third kappa shape index (κ3) is 3.69. The average Bonchev–Trinajstić information content (AvgIpc) is 3.30. The number of aromatic nitrogens is 3. The molecule has 0 aromatic carbocycles. The summed E-state index contributed by atoms with van der Waals surface area (Å²) >= 11 is 0. The van der Waals surface area contributed by atoms with Crippen LogP contribution < -0.4 is 5.73 Å². The summed E-state index contributed by atoms with van der Waals surface area (Å²) in [5, 5.41) is 24.3. The van der Waals surface area contributed by atoms with Crippen LogP contribution in [0.25, 0.3) is 5.52 Å². The van der Waals surface area contributed by atoms with E-state index in [-0.39, 0.29) is 12.5 Å². The molecule has 11 heteroatoms. The summed E-state index contributed by atoms with van der Waals surface area (Å²) in [4.78, 5) is 15.9. The van der Waals surface area contributed by atoms with Crippen molar-refractivity contribution in [3.63, 3.8) is 0 Å². The number of hydrogen-bond acceptors (Lipinski definition) is 10. The van der Waals surface area contributed by atoms with Crippen molar-refractivity contribution in [1.29, 1.82) is 5.26 Å². The van der Waals surface area contributed by atoms with Crippen molar-refractivity contribution in [2.24, 2.45) is 0 Å². The number of carbonyl (C=O) groups excluding carboxylic acids is 1. The lowest BCUT2D eigenvalue weighted by Gasteiger charge is -2.25. The Morgan fingerprint density at radius 2 is 2.24 bits per heavy atom. The van der Waals surface area contributed by atoms with E-state index in [9.17, 15) is 15.2 Å². The topological polar surface area (TPSA) is 154 Å². The van der Waals surface area contributed by atoms with Gasteiger partial charge in [-0.15, -0.1) is 0 Å². The van der Waals surface area contributed by atoms with Gasteiger partial charge in [-0.1, -0.05) is 0 Å². The SMILES string of the molecule is N#C[C@]1(COC(=O)OC2CCOCC2)O[C@@H](c2ccc3c(N)ncnn23)C[C@@H]1O. The predicted molar refractivity (Wildman–Crippen MR) is 96.5 cm³/mol. The fourth-order valence-electron chi connectivity index (χ4n) is 3.57. The molecule has 0 bridgehead atoms. The monoisotopic (exact) mass is 403 g/mol. The van der Waals surface area contributed by atoms with Crippen LogP contribution in [0, 0.1) is 11.3 Å². The van der Waals surface area contributed by atoms with Crippen LogP contribution in [0.15, 0.2) is 18.5 Å². The maximum Gasteiger partial charge on any atom is 0.508 e. The molecule has 2 saturated heterocycles. The minimum Gasteiger partial charge on any atom is -0.431 e. The van der Waals surface area contributed by atoms with Gasteiger partial charge in [0.05, 0.1) is 18.9 Å². The van der Waals surface area contributed by atoms with Crippen molar-refractivity contribution >= 4 is 17.5 Å². The lowest BCUT2D eigenvalue weighted by Crippen LogP contribution is -2.43. The number of nitrogens with zero attached hydrogens (tertiary/aromatic N) is 4. The Labute approximate surface area is 165 Å². The van der Waals surface area contributed by atoms with Crippen LogP contribution in [-0.4, -0.2) is 63.5 Å². The van der Waals surface area contributed by atoms with Crippen molar-refractivity contribution < 1.29 is 28.8 Å². The summed E-state index contributed by atoms with van der Waals surface area (Å²) in [6.45, 7) is 0.579. The van der Waals surface area contributed by atoms with Crippen molar-refractivity contribution in [2.45, 2.75) is 43.2 Å². The van der Waals surface area contributed by atoms with Gasteiger partial charge in [0.1, 0.15) is 42.8 Å². The maximum absolute atomic E-state index is 12.0. The number of aliphatic hydroxyl groups is 1. The fourth-order valence-corrected chi connectivity index (χ4v) is 3.57. The molecule has 3 atom stereocenters. The quantitative estimate of drug-likeness (QED) is 0.698. The van der Waals surface area contributed by atoms with Crippen molar-refractivity contribution in [1.82, 2.24) is 14.6 Å². The van der Waals surface area contributed by atoms with Crippen LogP contribution in [-0.2, 0) is 18.9 Å². The van der Waals surface area contributed by atoms with Gasteiger partial charge in [0.25, 0.3) is 0 Å². The molecular formula is C18H21N5O6. The van der Waals surface area contributed by atoms with E-state index in [4.69, 9.17) is 24.7 Å². The summed E-state index contributed by atoms with van der Waals surface area (Å²) in [6.07, 6.45) is -0.382. The molecule has 3 N–H and O–H groups in total. The first-order valence-corrected chi connectivity index (χ1v) is 9.29. The van der Waals surface area contributed by atoms with Gasteiger partial charge in [0.2, 0.25) is 5.60 Å². The number of fused-ring (bicyclic) bond motifs is 1. The smallest absolute Gasteiger partial charge is 0.431 e. The second kappa shape index (κ2) is 7.82. The van der Waals surface area contributed by atoms with Crippen LogP contribution in [0.1, 0.15) is 31.1 Å². The minimum atomic E-state index is -1.71. The molecule has 0 radical (unpaired) electrons. The molecule has 2 fully saturated rings. The Bertz CT molecular complexity index is 936. The molecule has 2 aromatic heterocycles. The Morgan fingerprint density at radius 1 is 1.45 bits per heavy atom. The predicted octanol–water partition coefficient (Wildman–Crippen LogP) is 0.728. The first-order chi connectivity index (χ1) is 14.0. The van der Waals surface area contributed by atoms with Crippen LogP contribution in [0.3, 0.4) is 0 Å². The number of nitrogens with two attached hydrogens (primary N) is 1. The second-order valence-corrected chi connectivity index (χ2v) is 7.03. The molecular weight excluding hydrogens is 382 g/mol. The van der Waals surface area contributed by atoms with E-state index in [1.54, 1.807) is 16.6 Å². The Balaban J connectivity index is 1.44. The molecule has 11 nitrogen and oxygen atoms in total. The number of nitrogen functional groups attached to an aromatic ring is 1. The number of nitriles is 1. The summed E-state index contributed by atoms with van der Waals surface area (Å²) in [7, 11) is 0. The van der Waals surface area contributed by atoms with Gasteiger partial charge in [-0.05, 0) is 12.1 Å². The molecule has 0 unspecified atom stereocenters. The molecule has 154 valence electrons. The highest BCUT2D eigenvalue weighted by atomic mass is 16.7. The van der Waals surface area contributed by atoms with E-state index in [0.29, 0.717) is 43.1 Å². The molecule has 0 amide bonds. The summed E-state index contributed by atoms with van der Waals surface area (Å²) in [5.74, 6) is 0.301. The zero-order chi connectivity index (χ0) is 20.4. The highest BCUT2D eigenvalue weighted by Crippen LogP contribution is 2.40. The molecule has 0 aliphatic carbocycles. The minimum absolute atomic E-state index is 0.127. The second-order valence-electron chi connectivity index (χ2n) is 7.03. The van der Waals surface area contributed by atoms with Gasteiger partial charge < -0.3 is 29.8 Å². The number of carbonyl (C=O) groups is 1. The molecule has 2 aliphatic rings. The third-order valence-corrected chi connectivity index (χ3v) is 5.19. The summed E-state index contributed by atoms with van der Waals surface area (Å²) in [5.41, 5.74) is 5.33. The number of aliphatic hydroxyl groups excluding tert-OH is 1. The van der Waals surface area contributed by atoms with E-state index in [0.717, 1.165) is 0 Å². The fraction of sp³-hybridized carbons (Fsp3) is 0.556. The van der Waals surface area contributed by atoms with Gasteiger partial charge in [-0.25, -0.2) is 14.3 Å². The first kappa shape index (κ1) is 19.4. The van der Waals surface area contributed by atoms with Gasteiger partial charge >= 0.3 is 6.16 Å². The van der Waals surface area contributed by atoms with Crippen molar-refractivity contribution in [3.8, 4) is 6.07 Å². The molecule has 29 heavy (non-hydrogen) atoms. The maximum atomic E-state index is 12.0. The van der Waals surface area contributed by atoms with Crippen LogP contribution in [0.5, 0.6) is 0 Å². The zero-order valence-corrected chi connectivity index (χ0v) is 15.6. The Kier molecular flexibility index (Phi) is 5.23. The van der Waals surface area contributed by atoms with Crippen LogP contribution in [0.2, 0.25) is 0 Å². The molecule has 0 saturated carbocycles. The largest absolute Gasteiger partial charge is 0.508 e. The third-order valence-electron chi connectivity index (χ3n) is 5.19. The van der Waals surface area contributed by atoms with E-state index in [1.807, 2.05) is 6.07 Å². The molecule has 2 aromatic rings. The molecule has 4 heterocycles. The molecule has 0 spiro atoms. The normalized spacial score (nSPS) is 27.6. The average molecular weight is 403 g/mol. The summed E-state index contributed by atoms with van der Waals surface area (Å²) in [6, 6.07) is 5.42. The number of rotatable bonds is 4. The Morgan fingerprint density at radius 3 is 3.00 bits per heavy atom. The zero-order valence-electron chi connectivity index (χ0n) is 15.6. The van der Waals surface area contributed by atoms with Gasteiger partial charge in [0, 0.05) is 19.3 Å². The van der Waals surface area contributed by atoms with Gasteiger partial charge in [-0.3, -0.25) is 0 Å². The van der Waals surface area contributed by atoms with Crippen molar-refractivity contribution in [2.75, 3.05) is 25.6 Å². The van der Waals surface area contributed by atoms with Crippen LogP contribution in [0.4, 0.5) is 10.6 Å². The highest BCUT2D eigenvalue weighted by molar-refractivity contribution is 5.65. The van der Waals surface area contributed by atoms with Crippen LogP contribution >= 0.6 is 0 Å². The van der Waals surface area contributed by atoms with E-state index < -0.39 is 30.6 Å². The lowest BCUT2D eigenvalue weighted by molar-refractivity contribution is -0.0933. The highest BCUT2D eigenvalue weighted by Gasteiger charge is 2.51. The number of anilines is 1. The van der Waals surface area contributed by atoms with Gasteiger partial charge in [-0.2, -0.15) is 10.4 Å². The summed E-state index contributed by atoms with van der Waals surface area (Å²) < 4.78 is 22.9. The van der Waals surface area contributed by atoms with Gasteiger partial charge in [0.15, 0.2) is 5.82 Å². The Hall–Kier alpha value is -2.94. The first-order valence-electron chi connectivity index (χ1n) is 9.29. The lowest BCUT2D eigenvalue weighted by atomic mass is 9.98. The standard InChI is InChI=1S/C18H21N5O6/c19-8-18(9-27-17(25)28-11-3-5-26-6-4-11)15(24)7-14(29-18)12-1-2-13-16(20)21-10-22-23(12)13/h1-2,10-11,14-15,24H,3-7,9H2,(H2,20,21,22)/t14-,15+,18-/m1/s1. The molecule has 2 aliphatic heterocycles. The number of ether oxygens (including phenoxy) is 4. The van der Waals surface area contributed by atoms with E-state index >= 15 is 0 Å². The van der Waals surface area contributed by atoms with E-state index in [2.05, 4.69) is 10.1 Å².